The number of ether oxygens (including phenoxy) is 1. The summed E-state index contributed by atoms with van der Waals surface area (Å²) in [7, 11) is 3.44. The van der Waals surface area contributed by atoms with Crippen molar-refractivity contribution >= 4 is 17.3 Å². The van der Waals surface area contributed by atoms with Crippen LogP contribution in [0.3, 0.4) is 0 Å². The number of nitrogens with zero attached hydrogens (tertiary/aromatic N) is 3. The largest absolute Gasteiger partial charge is 0.495 e. The lowest BCUT2D eigenvalue weighted by Crippen LogP contribution is -2.43. The predicted molar refractivity (Wildman–Crippen MR) is 107 cm³/mol. The zero-order valence-electron chi connectivity index (χ0n) is 15.9. The molecular weight excluding hydrogens is 352 g/mol. The highest BCUT2D eigenvalue weighted by atomic mass is 16.5. The van der Waals surface area contributed by atoms with E-state index < -0.39 is 6.17 Å². The molecule has 0 unspecified atom stereocenters. The Kier molecular flexibility index (Phi) is 4.28. The van der Waals surface area contributed by atoms with Crippen LogP contribution in [0.2, 0.25) is 0 Å². The van der Waals surface area contributed by atoms with Gasteiger partial charge >= 0.3 is 0 Å². The summed E-state index contributed by atoms with van der Waals surface area (Å²) < 4.78 is 7.36. The average Bonchev–Trinajstić information content (AvgIpc) is 3.02. The zero-order valence-corrected chi connectivity index (χ0v) is 15.9. The second-order valence-electron chi connectivity index (χ2n) is 6.68. The number of hydrogen-bond donors (Lipinski definition) is 1. The van der Waals surface area contributed by atoms with Gasteiger partial charge in [-0.15, -0.1) is 0 Å². The van der Waals surface area contributed by atoms with Crippen LogP contribution >= 0.6 is 0 Å². The van der Waals surface area contributed by atoms with Crippen molar-refractivity contribution in [2.24, 2.45) is 7.05 Å². The van der Waals surface area contributed by atoms with Crippen molar-refractivity contribution in [1.29, 1.82) is 5.26 Å². The Labute approximate surface area is 163 Å². The number of nitriles is 1. The number of amides is 1. The molecular formula is C22H20N4O2. The molecule has 1 N–H and O–H groups in total. The zero-order chi connectivity index (χ0) is 19.8. The van der Waals surface area contributed by atoms with Crippen LogP contribution in [0.25, 0.3) is 0 Å². The van der Waals surface area contributed by atoms with Gasteiger partial charge in [0.2, 0.25) is 0 Å². The number of hydrogen-bond acceptors (Lipinski definition) is 4. The SMILES string of the molecule is COc1ccccc1N1C(=O)c2ccccc2N[C@@H]1c1cc(C#N)n(C)c1C. The summed E-state index contributed by atoms with van der Waals surface area (Å²) in [5.41, 5.74) is 4.36. The predicted octanol–water partition coefficient (Wildman–Crippen LogP) is 3.98. The van der Waals surface area contributed by atoms with E-state index in [-0.39, 0.29) is 5.91 Å². The summed E-state index contributed by atoms with van der Waals surface area (Å²) in [6, 6.07) is 18.9. The van der Waals surface area contributed by atoms with Gasteiger partial charge in [-0.3, -0.25) is 9.69 Å². The minimum Gasteiger partial charge on any atom is -0.495 e. The van der Waals surface area contributed by atoms with Gasteiger partial charge in [0, 0.05) is 24.0 Å². The molecule has 4 rings (SSSR count). The van der Waals surface area contributed by atoms with Crippen LogP contribution in [-0.4, -0.2) is 17.6 Å². The molecule has 0 bridgehead atoms. The first kappa shape index (κ1) is 17.7. The van der Waals surface area contributed by atoms with E-state index in [2.05, 4.69) is 11.4 Å². The Balaban J connectivity index is 1.94. The van der Waals surface area contributed by atoms with Crippen molar-refractivity contribution < 1.29 is 9.53 Å². The van der Waals surface area contributed by atoms with Gasteiger partial charge < -0.3 is 14.6 Å². The number of methoxy groups -OCH3 is 1. The summed E-state index contributed by atoms with van der Waals surface area (Å²) in [5.74, 6) is 0.488. The maximum atomic E-state index is 13.5. The van der Waals surface area contributed by atoms with Crippen LogP contribution in [0.4, 0.5) is 11.4 Å². The third-order valence-corrected chi connectivity index (χ3v) is 5.26. The fraction of sp³-hybridized carbons (Fsp3) is 0.182. The van der Waals surface area contributed by atoms with Gasteiger partial charge in [0.15, 0.2) is 0 Å². The van der Waals surface area contributed by atoms with Gasteiger partial charge in [0.1, 0.15) is 23.7 Å². The van der Waals surface area contributed by atoms with Crippen LogP contribution in [0.15, 0.2) is 54.6 Å². The van der Waals surface area contributed by atoms with Crippen molar-refractivity contribution in [2.45, 2.75) is 13.1 Å². The van der Waals surface area contributed by atoms with E-state index >= 15 is 0 Å². The molecule has 0 aliphatic carbocycles. The van der Waals surface area contributed by atoms with Gasteiger partial charge in [-0.1, -0.05) is 24.3 Å². The van der Waals surface area contributed by atoms with E-state index in [9.17, 15) is 10.1 Å². The Morgan fingerprint density at radius 3 is 2.57 bits per heavy atom. The van der Waals surface area contributed by atoms with Gasteiger partial charge in [0.05, 0.1) is 18.4 Å². The number of benzene rings is 2. The molecule has 1 aromatic heterocycles. The summed E-state index contributed by atoms with van der Waals surface area (Å²) in [5, 5.41) is 12.9. The van der Waals surface area contributed by atoms with Gasteiger partial charge in [-0.2, -0.15) is 5.26 Å². The number of carbonyl (C=O) groups is 1. The van der Waals surface area contributed by atoms with E-state index in [0.29, 0.717) is 22.7 Å². The molecule has 28 heavy (non-hydrogen) atoms. The maximum Gasteiger partial charge on any atom is 0.262 e. The highest BCUT2D eigenvalue weighted by Gasteiger charge is 2.37. The number of para-hydroxylation sites is 3. The van der Waals surface area contributed by atoms with Crippen molar-refractivity contribution in [3.05, 3.63) is 77.1 Å². The minimum absolute atomic E-state index is 0.120. The molecule has 1 atom stereocenters. The molecule has 1 aliphatic rings. The maximum absolute atomic E-state index is 13.5. The first-order chi connectivity index (χ1) is 13.6. The lowest BCUT2D eigenvalue weighted by atomic mass is 10.0. The molecule has 3 aromatic rings. The van der Waals surface area contributed by atoms with Gasteiger partial charge in [0.25, 0.3) is 5.91 Å². The average molecular weight is 372 g/mol. The van der Waals surface area contributed by atoms with E-state index in [1.807, 2.05) is 73.1 Å². The Morgan fingerprint density at radius 2 is 1.86 bits per heavy atom. The Bertz CT molecular complexity index is 1110. The highest BCUT2D eigenvalue weighted by Crippen LogP contribution is 2.41. The number of aromatic nitrogens is 1. The first-order valence-electron chi connectivity index (χ1n) is 8.95. The smallest absolute Gasteiger partial charge is 0.262 e. The van der Waals surface area contributed by atoms with E-state index in [1.54, 1.807) is 12.0 Å². The molecule has 6 nitrogen and oxygen atoms in total. The first-order valence-corrected chi connectivity index (χ1v) is 8.95. The molecule has 6 heteroatoms. The quantitative estimate of drug-likeness (QED) is 0.755. The van der Waals surface area contributed by atoms with Crippen molar-refractivity contribution in [2.75, 3.05) is 17.3 Å². The molecule has 2 heterocycles. The summed E-state index contributed by atoms with van der Waals surface area (Å²) in [6.07, 6.45) is -0.466. The number of anilines is 2. The number of rotatable bonds is 3. The molecule has 0 spiro atoms. The summed E-state index contributed by atoms with van der Waals surface area (Å²) in [4.78, 5) is 15.2. The topological polar surface area (TPSA) is 70.3 Å². The Morgan fingerprint density at radius 1 is 1.14 bits per heavy atom. The minimum atomic E-state index is -0.466. The molecule has 2 aromatic carbocycles. The fourth-order valence-electron chi connectivity index (χ4n) is 3.66. The van der Waals surface area contributed by atoms with Gasteiger partial charge in [-0.25, -0.2) is 0 Å². The highest BCUT2D eigenvalue weighted by molar-refractivity contribution is 6.12. The molecule has 0 saturated carbocycles. The van der Waals surface area contributed by atoms with Crippen molar-refractivity contribution in [3.63, 3.8) is 0 Å². The van der Waals surface area contributed by atoms with Crippen LogP contribution < -0.4 is 15.0 Å². The molecule has 0 fully saturated rings. The number of nitrogens with one attached hydrogen (secondary N) is 1. The summed E-state index contributed by atoms with van der Waals surface area (Å²) in [6.45, 7) is 1.95. The summed E-state index contributed by atoms with van der Waals surface area (Å²) >= 11 is 0. The van der Waals surface area contributed by atoms with Crippen LogP contribution in [0, 0.1) is 18.3 Å². The van der Waals surface area contributed by atoms with Crippen LogP contribution in [0.1, 0.15) is 33.5 Å². The second kappa shape index (κ2) is 6.78. The Hall–Kier alpha value is -3.72. The second-order valence-corrected chi connectivity index (χ2v) is 6.68. The van der Waals surface area contributed by atoms with Crippen LogP contribution in [-0.2, 0) is 7.05 Å². The van der Waals surface area contributed by atoms with Crippen molar-refractivity contribution in [1.82, 2.24) is 4.57 Å². The lowest BCUT2D eigenvalue weighted by Gasteiger charge is -2.38. The van der Waals surface area contributed by atoms with E-state index in [0.717, 1.165) is 16.9 Å². The van der Waals surface area contributed by atoms with E-state index in [1.165, 1.54) is 0 Å². The normalized spacial score (nSPS) is 15.6. The molecule has 1 aliphatic heterocycles. The molecule has 1 amide bonds. The van der Waals surface area contributed by atoms with E-state index in [4.69, 9.17) is 4.74 Å². The van der Waals surface area contributed by atoms with Crippen LogP contribution in [0.5, 0.6) is 5.75 Å². The molecule has 0 saturated heterocycles. The fourth-order valence-corrected chi connectivity index (χ4v) is 3.66. The number of fused-ring (bicyclic) bond motifs is 1. The third kappa shape index (κ3) is 2.60. The monoisotopic (exact) mass is 372 g/mol. The number of carbonyl (C=O) groups excluding carboxylic acids is 1. The molecule has 140 valence electrons. The molecule has 0 radical (unpaired) electrons. The third-order valence-electron chi connectivity index (χ3n) is 5.26. The lowest BCUT2D eigenvalue weighted by molar-refractivity contribution is 0.0974. The van der Waals surface area contributed by atoms with Gasteiger partial charge in [-0.05, 0) is 37.3 Å². The van der Waals surface area contributed by atoms with Crippen molar-refractivity contribution in [3.8, 4) is 11.8 Å². The standard InChI is InChI=1S/C22H20N4O2/c1-14-17(12-15(13-23)25(14)2)21-24-18-9-5-4-8-16(18)22(27)26(21)19-10-6-7-11-20(19)28-3/h4-12,21,24H,1-3H3/t21-/m0/s1.